The summed E-state index contributed by atoms with van der Waals surface area (Å²) < 4.78 is 37.7. The molecule has 1 aromatic carbocycles. The zero-order valence-corrected chi connectivity index (χ0v) is 24.3. The summed E-state index contributed by atoms with van der Waals surface area (Å²) in [7, 11) is -1.81. The quantitative estimate of drug-likeness (QED) is 0.314. The molecule has 0 spiro atoms. The fraction of sp³-hybridized carbons (Fsp3) is 0.741. The Hall–Kier alpha value is -1.03. The van der Waals surface area contributed by atoms with E-state index in [4.69, 9.17) is 40.3 Å². The van der Waals surface area contributed by atoms with E-state index in [1.807, 2.05) is 37.3 Å². The molecule has 3 aliphatic heterocycles. The summed E-state index contributed by atoms with van der Waals surface area (Å²) in [6.07, 6.45) is 0.155. The van der Waals surface area contributed by atoms with Crippen molar-refractivity contribution in [2.75, 3.05) is 13.2 Å². The maximum absolute atomic E-state index is 6.59. The van der Waals surface area contributed by atoms with E-state index in [1.165, 1.54) is 0 Å². The molecular weight excluding hydrogens is 480 g/mol. The molecule has 4 rings (SSSR count). The molecule has 3 saturated heterocycles. The van der Waals surface area contributed by atoms with E-state index < -0.39 is 20.2 Å². The van der Waals surface area contributed by atoms with Crippen molar-refractivity contribution in [2.24, 2.45) is 5.41 Å². The minimum atomic E-state index is -1.81. The number of rotatable bonds is 7. The van der Waals surface area contributed by atoms with Crippen LogP contribution in [0.1, 0.15) is 66.2 Å². The van der Waals surface area contributed by atoms with Crippen molar-refractivity contribution in [3.63, 3.8) is 0 Å². The Morgan fingerprint density at radius 3 is 2.43 bits per heavy atom. The molecule has 0 N–H and O–H groups in total. The maximum atomic E-state index is 6.59. The monoisotopic (exact) mass is 522 g/mol. The lowest BCUT2D eigenvalue weighted by Crippen LogP contribution is -2.66. The van der Waals surface area contributed by atoms with Gasteiger partial charge in [-0.25, -0.2) is 0 Å². The molecule has 1 aromatic rings. The molecule has 8 heteroatoms. The van der Waals surface area contributed by atoms with Gasteiger partial charge in [-0.2, -0.15) is 0 Å². The lowest BCUT2D eigenvalue weighted by atomic mass is 9.78. The van der Waals surface area contributed by atoms with Crippen molar-refractivity contribution >= 4 is 25.8 Å². The summed E-state index contributed by atoms with van der Waals surface area (Å²) in [5.41, 5.74) is 0.256. The molecular formula is C27H42O6SSi. The summed E-state index contributed by atoms with van der Waals surface area (Å²) >= 11 is 5.35. The van der Waals surface area contributed by atoms with Gasteiger partial charge in [0.15, 0.2) is 26.3 Å². The van der Waals surface area contributed by atoms with Crippen LogP contribution < -0.4 is 0 Å². The first-order chi connectivity index (χ1) is 16.2. The highest BCUT2D eigenvalue weighted by atomic mass is 32.1. The normalized spacial score (nSPS) is 33.5. The van der Waals surface area contributed by atoms with E-state index in [-0.39, 0.29) is 40.1 Å². The highest BCUT2D eigenvalue weighted by Gasteiger charge is 2.63. The van der Waals surface area contributed by atoms with Gasteiger partial charge in [-0.3, -0.25) is 0 Å². The van der Waals surface area contributed by atoms with Gasteiger partial charge < -0.3 is 28.1 Å². The third-order valence-electron chi connectivity index (χ3n) is 8.21. The van der Waals surface area contributed by atoms with Crippen LogP contribution >= 0.6 is 12.2 Å². The summed E-state index contributed by atoms with van der Waals surface area (Å²) in [4.78, 5) is 0. The zero-order chi connectivity index (χ0) is 25.6. The first-order valence-corrected chi connectivity index (χ1v) is 16.0. The van der Waals surface area contributed by atoms with Crippen LogP contribution in [0.25, 0.3) is 0 Å². The molecule has 0 aliphatic carbocycles. The van der Waals surface area contributed by atoms with Crippen molar-refractivity contribution in [3.8, 4) is 0 Å². The van der Waals surface area contributed by atoms with Gasteiger partial charge in [-0.15, -0.1) is 0 Å². The molecule has 3 aliphatic rings. The first-order valence-electron chi connectivity index (χ1n) is 12.7. The molecule has 35 heavy (non-hydrogen) atoms. The van der Waals surface area contributed by atoms with Gasteiger partial charge in [0.05, 0.1) is 6.61 Å². The Morgan fingerprint density at radius 1 is 1.09 bits per heavy atom. The van der Waals surface area contributed by atoms with Gasteiger partial charge in [-0.1, -0.05) is 65.0 Å². The molecule has 3 heterocycles. The number of thiocarbonyl (C=S) groups is 1. The molecule has 0 amide bonds. The summed E-state index contributed by atoms with van der Waals surface area (Å²) in [5, 5.41) is 0.354. The van der Waals surface area contributed by atoms with Crippen LogP contribution in [0, 0.1) is 5.41 Å². The van der Waals surface area contributed by atoms with Crippen LogP contribution in [0.2, 0.25) is 18.1 Å². The minimum Gasteiger partial charge on any atom is -0.446 e. The standard InChI is InChI=1S/C27H42O6SSi/c1-25(2,3)35(7,8)29-17-26(4,5)15-14-20-27(6)22(32-24(34)33-27)21-19(30-20)16-28-23(31-21)18-12-10-9-11-13-18/h9-13,19-23H,14-17H2,1-8H3. The Kier molecular flexibility index (Phi) is 7.48. The summed E-state index contributed by atoms with van der Waals surface area (Å²) in [6, 6.07) is 9.94. The Labute approximate surface area is 217 Å². The SMILES string of the molecule is CC(C)(CCC1OC2COC(c3ccccc3)OC2C2OC(=S)OC12C)CO[Si](C)(C)C(C)(C)C. The summed E-state index contributed by atoms with van der Waals surface area (Å²) in [6.45, 7) is 19.1. The lowest BCUT2D eigenvalue weighted by Gasteiger charge is -2.50. The fourth-order valence-electron chi connectivity index (χ4n) is 4.73. The maximum Gasteiger partial charge on any atom is 0.353 e. The predicted molar refractivity (Wildman–Crippen MR) is 142 cm³/mol. The third kappa shape index (κ3) is 5.63. The van der Waals surface area contributed by atoms with Gasteiger partial charge in [-0.05, 0) is 43.3 Å². The van der Waals surface area contributed by atoms with Gasteiger partial charge in [0.2, 0.25) is 0 Å². The van der Waals surface area contributed by atoms with E-state index in [0.717, 1.165) is 25.0 Å². The molecule has 0 bridgehead atoms. The van der Waals surface area contributed by atoms with Gasteiger partial charge in [0.25, 0.3) is 0 Å². The second-order valence-corrected chi connectivity index (χ2v) is 17.8. The average Bonchev–Trinajstić information content (AvgIpc) is 3.11. The largest absolute Gasteiger partial charge is 0.446 e. The van der Waals surface area contributed by atoms with E-state index in [1.54, 1.807) is 0 Å². The van der Waals surface area contributed by atoms with Crippen molar-refractivity contribution in [2.45, 2.75) is 109 Å². The van der Waals surface area contributed by atoms with Crippen LogP contribution in [0.4, 0.5) is 0 Å². The Bertz CT molecular complexity index is 901. The molecule has 6 nitrogen and oxygen atoms in total. The molecule has 6 unspecified atom stereocenters. The average molecular weight is 523 g/mol. The van der Waals surface area contributed by atoms with Crippen LogP contribution in [0.3, 0.4) is 0 Å². The second-order valence-electron chi connectivity index (χ2n) is 12.7. The van der Waals surface area contributed by atoms with Crippen LogP contribution in [-0.2, 0) is 28.1 Å². The van der Waals surface area contributed by atoms with Gasteiger partial charge >= 0.3 is 5.24 Å². The van der Waals surface area contributed by atoms with Gasteiger partial charge in [0, 0.05) is 24.4 Å². The number of hydrogen-bond acceptors (Lipinski definition) is 7. The number of fused-ring (bicyclic) bond motifs is 3. The van der Waals surface area contributed by atoms with Crippen molar-refractivity contribution in [1.29, 1.82) is 0 Å². The molecule has 0 saturated carbocycles. The fourth-order valence-corrected chi connectivity index (χ4v) is 6.19. The van der Waals surface area contributed by atoms with Crippen molar-refractivity contribution in [1.82, 2.24) is 0 Å². The van der Waals surface area contributed by atoms with Gasteiger partial charge in [0.1, 0.15) is 18.3 Å². The van der Waals surface area contributed by atoms with E-state index in [2.05, 4.69) is 47.7 Å². The first kappa shape index (κ1) is 27.0. The number of benzene rings is 1. The number of ether oxygens (including phenoxy) is 5. The van der Waals surface area contributed by atoms with E-state index in [0.29, 0.717) is 6.61 Å². The molecule has 196 valence electrons. The van der Waals surface area contributed by atoms with E-state index >= 15 is 0 Å². The molecule has 0 aromatic heterocycles. The number of hydrogen-bond donors (Lipinski definition) is 0. The molecule has 3 fully saturated rings. The minimum absolute atomic E-state index is 0.000471. The molecule has 6 atom stereocenters. The van der Waals surface area contributed by atoms with Crippen LogP contribution in [0.5, 0.6) is 0 Å². The highest BCUT2D eigenvalue weighted by molar-refractivity contribution is 7.79. The predicted octanol–water partition coefficient (Wildman–Crippen LogP) is 6.16. The third-order valence-corrected chi connectivity index (χ3v) is 12.9. The lowest BCUT2D eigenvalue weighted by molar-refractivity contribution is -0.329. The Balaban J connectivity index is 1.43. The van der Waals surface area contributed by atoms with Crippen LogP contribution in [-0.4, -0.2) is 56.8 Å². The van der Waals surface area contributed by atoms with Crippen LogP contribution in [0.15, 0.2) is 30.3 Å². The smallest absolute Gasteiger partial charge is 0.353 e. The molecule has 0 radical (unpaired) electrons. The zero-order valence-electron chi connectivity index (χ0n) is 22.5. The van der Waals surface area contributed by atoms with E-state index in [9.17, 15) is 0 Å². The van der Waals surface area contributed by atoms with Crippen molar-refractivity contribution < 1.29 is 28.1 Å². The summed E-state index contributed by atoms with van der Waals surface area (Å²) in [5.74, 6) is 0. The highest BCUT2D eigenvalue weighted by Crippen LogP contribution is 2.46. The topological polar surface area (TPSA) is 55.4 Å². The Morgan fingerprint density at radius 2 is 1.77 bits per heavy atom. The second kappa shape index (κ2) is 9.69. The van der Waals surface area contributed by atoms with Crippen molar-refractivity contribution in [3.05, 3.63) is 35.9 Å².